The molecule has 0 N–H and O–H groups in total. The predicted molar refractivity (Wildman–Crippen MR) is 66.5 cm³/mol. The zero-order valence-electron chi connectivity index (χ0n) is 11.5. The summed E-state index contributed by atoms with van der Waals surface area (Å²) >= 11 is 0. The quantitative estimate of drug-likeness (QED) is 0.461. The van der Waals surface area contributed by atoms with Crippen LogP contribution >= 0.6 is 0 Å². The van der Waals surface area contributed by atoms with E-state index in [0.717, 1.165) is 0 Å². The first kappa shape index (κ1) is 18.4. The molecule has 134 valence electrons. The lowest BCUT2D eigenvalue weighted by Crippen LogP contribution is -2.24. The third-order valence-electron chi connectivity index (χ3n) is 2.91. The lowest BCUT2D eigenvalue weighted by atomic mass is 10.1. The normalized spacial score (nSPS) is 12.3. The van der Waals surface area contributed by atoms with Crippen molar-refractivity contribution in [2.24, 2.45) is 0 Å². The van der Waals surface area contributed by atoms with Crippen molar-refractivity contribution in [1.82, 2.24) is 9.55 Å². The number of nitro groups is 1. The highest BCUT2D eigenvalue weighted by atomic mass is 19.4. The van der Waals surface area contributed by atoms with E-state index >= 15 is 0 Å². The minimum absolute atomic E-state index is 0.0167. The lowest BCUT2D eigenvalue weighted by Gasteiger charge is -2.12. The van der Waals surface area contributed by atoms with Crippen molar-refractivity contribution < 1.29 is 35.7 Å². The van der Waals surface area contributed by atoms with E-state index in [2.05, 4.69) is 4.98 Å². The average molecular weight is 371 g/mol. The molecule has 0 spiro atoms. The van der Waals surface area contributed by atoms with Crippen molar-refractivity contribution in [3.63, 3.8) is 0 Å². The summed E-state index contributed by atoms with van der Waals surface area (Å²) in [4.78, 5) is 24.0. The molecule has 0 bridgehead atoms. The van der Waals surface area contributed by atoms with Crippen LogP contribution in [0.5, 0.6) is 0 Å². The van der Waals surface area contributed by atoms with E-state index in [1.807, 2.05) is 0 Å². The molecule has 2 aromatic rings. The molecule has 1 aromatic carbocycles. The summed E-state index contributed by atoms with van der Waals surface area (Å²) in [7, 11) is 0. The topological polar surface area (TPSA) is 78.0 Å². The smallest absolute Gasteiger partial charge is 0.269 e. The molecule has 0 fully saturated rings. The summed E-state index contributed by atoms with van der Waals surface area (Å²) in [5.41, 5.74) is -7.64. The summed E-state index contributed by atoms with van der Waals surface area (Å²) < 4.78 is 89.2. The second-order valence-corrected chi connectivity index (χ2v) is 4.56. The largest absolute Gasteiger partial charge is 0.433 e. The maximum atomic E-state index is 14.0. The van der Waals surface area contributed by atoms with Gasteiger partial charge in [0.2, 0.25) is 0 Å². The van der Waals surface area contributed by atoms with Crippen molar-refractivity contribution in [2.45, 2.75) is 12.4 Å². The van der Waals surface area contributed by atoms with Crippen molar-refractivity contribution in [2.75, 3.05) is 0 Å². The Morgan fingerprint density at radius 1 is 1.04 bits per heavy atom. The van der Waals surface area contributed by atoms with Crippen molar-refractivity contribution >= 4 is 5.69 Å². The van der Waals surface area contributed by atoms with Gasteiger partial charge in [0, 0.05) is 12.1 Å². The van der Waals surface area contributed by atoms with E-state index in [4.69, 9.17) is 0 Å². The van der Waals surface area contributed by atoms with Crippen LogP contribution < -0.4 is 5.56 Å². The third-order valence-corrected chi connectivity index (χ3v) is 2.91. The zero-order valence-corrected chi connectivity index (χ0v) is 11.5. The molecular formula is C12H4F7N3O3. The Hall–Kier alpha value is -2.99. The molecule has 0 unspecified atom stereocenters. The van der Waals surface area contributed by atoms with Gasteiger partial charge in [-0.25, -0.2) is 9.37 Å². The third kappa shape index (κ3) is 3.59. The fourth-order valence-electron chi connectivity index (χ4n) is 1.85. The molecule has 25 heavy (non-hydrogen) atoms. The summed E-state index contributed by atoms with van der Waals surface area (Å²) in [5.74, 6) is -1.83. The summed E-state index contributed by atoms with van der Waals surface area (Å²) in [6.07, 6.45) is -9.99. The maximum absolute atomic E-state index is 14.0. The van der Waals surface area contributed by atoms with E-state index in [-0.39, 0.29) is 29.1 Å². The number of hydrogen-bond donors (Lipinski definition) is 0. The van der Waals surface area contributed by atoms with Crippen LogP contribution in [0.1, 0.15) is 11.3 Å². The highest BCUT2D eigenvalue weighted by Crippen LogP contribution is 2.35. The standard InChI is InChI=1S/C12H4F7N3O3/c13-6-1-5(11(14,15)16)2-7(22(24)25)10(6)21-4-20-8(3-9(21)23)12(17,18)19/h1-4H. The van der Waals surface area contributed by atoms with Crippen LogP contribution in [-0.2, 0) is 12.4 Å². The SMILES string of the molecule is O=c1cc(C(F)(F)F)ncn1-c1c(F)cc(C(F)(F)F)cc1[N+](=O)[O-]. The van der Waals surface area contributed by atoms with E-state index < -0.39 is 51.3 Å². The highest BCUT2D eigenvalue weighted by molar-refractivity contribution is 5.55. The fraction of sp³-hybridized carbons (Fsp3) is 0.167. The Morgan fingerprint density at radius 2 is 1.64 bits per heavy atom. The van der Waals surface area contributed by atoms with Gasteiger partial charge in [0.15, 0.2) is 17.2 Å². The average Bonchev–Trinajstić information content (AvgIpc) is 2.44. The second kappa shape index (κ2) is 5.82. The molecule has 0 aliphatic heterocycles. The van der Waals surface area contributed by atoms with Crippen LogP contribution in [0, 0.1) is 15.9 Å². The van der Waals surface area contributed by atoms with E-state index in [1.54, 1.807) is 0 Å². The van der Waals surface area contributed by atoms with Crippen molar-refractivity contribution in [3.05, 3.63) is 62.1 Å². The predicted octanol–water partition coefficient (Wildman–Crippen LogP) is 3.32. The second-order valence-electron chi connectivity index (χ2n) is 4.56. The van der Waals surface area contributed by atoms with Gasteiger partial charge in [0.25, 0.3) is 11.2 Å². The van der Waals surface area contributed by atoms with Gasteiger partial charge in [-0.2, -0.15) is 26.3 Å². The number of halogens is 7. The molecule has 6 nitrogen and oxygen atoms in total. The molecule has 0 saturated heterocycles. The molecule has 0 aliphatic rings. The number of aromatic nitrogens is 2. The first-order chi connectivity index (χ1) is 11.3. The van der Waals surface area contributed by atoms with Crippen LogP contribution in [0.2, 0.25) is 0 Å². The van der Waals surface area contributed by atoms with Crippen LogP contribution in [-0.4, -0.2) is 14.5 Å². The number of nitro benzene ring substituents is 1. The fourth-order valence-corrected chi connectivity index (χ4v) is 1.85. The molecule has 1 aromatic heterocycles. The van der Waals surface area contributed by atoms with Gasteiger partial charge in [-0.15, -0.1) is 0 Å². The first-order valence-corrected chi connectivity index (χ1v) is 6.04. The van der Waals surface area contributed by atoms with Gasteiger partial charge in [-0.05, 0) is 6.07 Å². The molecule has 0 aliphatic carbocycles. The molecule has 1 heterocycles. The van der Waals surface area contributed by atoms with Gasteiger partial charge in [0.1, 0.15) is 6.33 Å². The van der Waals surface area contributed by atoms with Crippen LogP contribution in [0.25, 0.3) is 5.69 Å². The minimum atomic E-state index is -5.12. The molecule has 0 radical (unpaired) electrons. The Balaban J connectivity index is 2.76. The molecule has 13 heteroatoms. The highest BCUT2D eigenvalue weighted by Gasteiger charge is 2.36. The Kier molecular flexibility index (Phi) is 4.27. The molecular weight excluding hydrogens is 367 g/mol. The van der Waals surface area contributed by atoms with Crippen LogP contribution in [0.4, 0.5) is 36.4 Å². The van der Waals surface area contributed by atoms with Crippen molar-refractivity contribution in [1.29, 1.82) is 0 Å². The summed E-state index contributed by atoms with van der Waals surface area (Å²) in [6.45, 7) is 0. The summed E-state index contributed by atoms with van der Waals surface area (Å²) in [5, 5.41) is 10.9. The number of hydrogen-bond acceptors (Lipinski definition) is 4. The zero-order chi connectivity index (χ0) is 19.2. The number of alkyl halides is 6. The van der Waals surface area contributed by atoms with Crippen molar-refractivity contribution in [3.8, 4) is 5.69 Å². The number of nitrogens with zero attached hydrogens (tertiary/aromatic N) is 3. The minimum Gasteiger partial charge on any atom is -0.269 e. The Labute approximate surface area is 132 Å². The van der Waals surface area contributed by atoms with Gasteiger partial charge in [0.05, 0.1) is 10.5 Å². The molecule has 2 rings (SSSR count). The maximum Gasteiger partial charge on any atom is 0.433 e. The monoisotopic (exact) mass is 371 g/mol. The van der Waals surface area contributed by atoms with E-state index in [0.29, 0.717) is 0 Å². The Morgan fingerprint density at radius 3 is 2.08 bits per heavy atom. The number of rotatable bonds is 2. The Bertz CT molecular complexity index is 902. The lowest BCUT2D eigenvalue weighted by molar-refractivity contribution is -0.385. The number of benzene rings is 1. The van der Waals surface area contributed by atoms with Gasteiger partial charge in [-0.3, -0.25) is 19.5 Å². The van der Waals surface area contributed by atoms with Gasteiger partial charge in [-0.1, -0.05) is 0 Å². The van der Waals surface area contributed by atoms with Crippen LogP contribution in [0.15, 0.2) is 29.3 Å². The van der Waals surface area contributed by atoms with Crippen LogP contribution in [0.3, 0.4) is 0 Å². The molecule has 0 amide bonds. The van der Waals surface area contributed by atoms with Gasteiger partial charge < -0.3 is 0 Å². The van der Waals surface area contributed by atoms with Gasteiger partial charge >= 0.3 is 12.4 Å². The molecule has 0 saturated carbocycles. The molecule has 0 atom stereocenters. The van der Waals surface area contributed by atoms with E-state index in [9.17, 15) is 45.6 Å². The first-order valence-electron chi connectivity index (χ1n) is 6.04. The van der Waals surface area contributed by atoms with E-state index in [1.165, 1.54) is 0 Å². The summed E-state index contributed by atoms with van der Waals surface area (Å²) in [6, 6.07) is -0.226.